The maximum atomic E-state index is 11.8. The number of esters is 1. The first-order valence-corrected chi connectivity index (χ1v) is 7.29. The Morgan fingerprint density at radius 1 is 1.14 bits per heavy atom. The van der Waals surface area contributed by atoms with Gasteiger partial charge in [0.25, 0.3) is 0 Å². The van der Waals surface area contributed by atoms with Gasteiger partial charge in [-0.1, -0.05) is 42.5 Å². The Hall–Kier alpha value is -1.87. The third-order valence-electron chi connectivity index (χ3n) is 3.21. The Labute approximate surface area is 126 Å². The fraction of sp³-hybridized carbons (Fsp3) is 0.389. The van der Waals surface area contributed by atoms with Gasteiger partial charge in [0.1, 0.15) is 5.60 Å². The Balaban J connectivity index is 2.05. The highest BCUT2D eigenvalue weighted by molar-refractivity contribution is 5.85. The third-order valence-corrected chi connectivity index (χ3v) is 3.21. The van der Waals surface area contributed by atoms with Crippen LogP contribution in [0.1, 0.15) is 32.8 Å². The zero-order chi connectivity index (χ0) is 15.5. The van der Waals surface area contributed by atoms with E-state index >= 15 is 0 Å². The summed E-state index contributed by atoms with van der Waals surface area (Å²) in [5.41, 5.74) is 6.82. The van der Waals surface area contributed by atoms with Gasteiger partial charge in [-0.2, -0.15) is 0 Å². The van der Waals surface area contributed by atoms with Crippen molar-refractivity contribution in [2.45, 2.75) is 45.3 Å². The molecule has 112 valence electrons. The van der Waals surface area contributed by atoms with Crippen LogP contribution in [0.5, 0.6) is 0 Å². The van der Waals surface area contributed by atoms with Crippen LogP contribution in [0.15, 0.2) is 42.5 Å². The minimum atomic E-state index is -0.462. The van der Waals surface area contributed by atoms with Gasteiger partial charge in [-0.15, -0.1) is 0 Å². The van der Waals surface area contributed by atoms with Crippen LogP contribution in [0.4, 0.5) is 0 Å². The summed E-state index contributed by atoms with van der Waals surface area (Å²) in [5.74, 6) is -0.241. The Bertz CT molecular complexity index is 623. The lowest BCUT2D eigenvalue weighted by molar-refractivity contribution is -0.155. The number of carbonyl (C=O) groups excluding carboxylic acids is 1. The van der Waals surface area contributed by atoms with Crippen molar-refractivity contribution in [1.82, 2.24) is 0 Å². The van der Waals surface area contributed by atoms with Crippen LogP contribution in [0.2, 0.25) is 0 Å². The van der Waals surface area contributed by atoms with Gasteiger partial charge in [-0.25, -0.2) is 0 Å². The summed E-state index contributed by atoms with van der Waals surface area (Å²) in [6.45, 7) is 5.59. The topological polar surface area (TPSA) is 52.3 Å². The maximum absolute atomic E-state index is 11.8. The summed E-state index contributed by atoms with van der Waals surface area (Å²) in [4.78, 5) is 11.8. The molecular weight excluding hydrogens is 262 g/mol. The number of nitrogens with two attached hydrogens (primary N) is 1. The fourth-order valence-corrected chi connectivity index (χ4v) is 2.42. The van der Waals surface area contributed by atoms with E-state index in [0.29, 0.717) is 6.42 Å². The predicted octanol–water partition coefficient (Wildman–Crippen LogP) is 3.44. The molecule has 0 aromatic heterocycles. The third kappa shape index (κ3) is 4.57. The van der Waals surface area contributed by atoms with Crippen molar-refractivity contribution >= 4 is 16.7 Å². The minimum absolute atomic E-state index is 0.231. The van der Waals surface area contributed by atoms with Crippen molar-refractivity contribution in [1.29, 1.82) is 0 Å². The van der Waals surface area contributed by atoms with E-state index in [1.807, 2.05) is 39.0 Å². The van der Waals surface area contributed by atoms with E-state index < -0.39 is 5.60 Å². The summed E-state index contributed by atoms with van der Waals surface area (Å²) in [6, 6.07) is 14.2. The molecule has 0 aliphatic heterocycles. The van der Waals surface area contributed by atoms with Gasteiger partial charge in [0.05, 0.1) is 6.42 Å². The molecule has 0 bridgehead atoms. The van der Waals surface area contributed by atoms with Crippen molar-refractivity contribution in [2.75, 3.05) is 0 Å². The Morgan fingerprint density at radius 2 is 1.81 bits per heavy atom. The first-order chi connectivity index (χ1) is 9.85. The van der Waals surface area contributed by atoms with Gasteiger partial charge in [0.15, 0.2) is 0 Å². The quantitative estimate of drug-likeness (QED) is 0.875. The molecule has 3 nitrogen and oxygen atoms in total. The zero-order valence-electron chi connectivity index (χ0n) is 12.9. The van der Waals surface area contributed by atoms with Crippen molar-refractivity contribution in [3.05, 3.63) is 48.0 Å². The van der Waals surface area contributed by atoms with Crippen LogP contribution in [0, 0.1) is 0 Å². The van der Waals surface area contributed by atoms with Gasteiger partial charge in [-0.3, -0.25) is 4.79 Å². The molecule has 0 radical (unpaired) electrons. The van der Waals surface area contributed by atoms with Crippen molar-refractivity contribution < 1.29 is 9.53 Å². The van der Waals surface area contributed by atoms with Crippen LogP contribution in [0.3, 0.4) is 0 Å². The molecule has 0 aliphatic carbocycles. The molecule has 0 aliphatic rings. The molecule has 0 saturated heterocycles. The van der Waals surface area contributed by atoms with Gasteiger partial charge in [0.2, 0.25) is 0 Å². The fourth-order valence-electron chi connectivity index (χ4n) is 2.42. The van der Waals surface area contributed by atoms with E-state index in [4.69, 9.17) is 10.5 Å². The average molecular weight is 285 g/mol. The SMILES string of the molecule is CC(C)(C)OC(=O)C[C@H](N)Cc1cccc2ccccc12. The van der Waals surface area contributed by atoms with E-state index in [0.717, 1.165) is 0 Å². The smallest absolute Gasteiger partial charge is 0.307 e. The number of hydrogen-bond donors (Lipinski definition) is 1. The summed E-state index contributed by atoms with van der Waals surface area (Å²) < 4.78 is 5.31. The first-order valence-electron chi connectivity index (χ1n) is 7.29. The lowest BCUT2D eigenvalue weighted by atomic mass is 9.98. The highest BCUT2D eigenvalue weighted by Crippen LogP contribution is 2.20. The monoisotopic (exact) mass is 285 g/mol. The normalized spacial score (nSPS) is 13.1. The molecule has 0 unspecified atom stereocenters. The van der Waals surface area contributed by atoms with Crippen LogP contribution in [-0.4, -0.2) is 17.6 Å². The second-order valence-corrected chi connectivity index (χ2v) is 6.39. The molecule has 0 heterocycles. The molecule has 3 heteroatoms. The zero-order valence-corrected chi connectivity index (χ0v) is 12.9. The first kappa shape index (κ1) is 15.5. The van der Waals surface area contributed by atoms with Crippen LogP contribution < -0.4 is 5.73 Å². The highest BCUT2D eigenvalue weighted by atomic mass is 16.6. The lowest BCUT2D eigenvalue weighted by Crippen LogP contribution is -2.31. The molecule has 0 spiro atoms. The number of hydrogen-bond acceptors (Lipinski definition) is 3. The van der Waals surface area contributed by atoms with E-state index in [2.05, 4.69) is 24.3 Å². The van der Waals surface area contributed by atoms with Crippen LogP contribution >= 0.6 is 0 Å². The van der Waals surface area contributed by atoms with Crippen LogP contribution in [-0.2, 0) is 16.0 Å². The molecule has 0 saturated carbocycles. The molecule has 2 aromatic carbocycles. The lowest BCUT2D eigenvalue weighted by Gasteiger charge is -2.21. The number of carbonyl (C=O) groups is 1. The van der Waals surface area contributed by atoms with Crippen LogP contribution in [0.25, 0.3) is 10.8 Å². The molecule has 21 heavy (non-hydrogen) atoms. The molecule has 0 amide bonds. The number of ether oxygens (including phenoxy) is 1. The Morgan fingerprint density at radius 3 is 2.52 bits per heavy atom. The number of benzene rings is 2. The summed E-state index contributed by atoms with van der Waals surface area (Å²) in [5, 5.41) is 2.39. The number of rotatable bonds is 4. The molecule has 2 N–H and O–H groups in total. The molecule has 1 atom stereocenters. The van der Waals surface area contributed by atoms with E-state index in [1.165, 1.54) is 16.3 Å². The van der Waals surface area contributed by atoms with Gasteiger partial charge >= 0.3 is 5.97 Å². The predicted molar refractivity (Wildman–Crippen MR) is 86.1 cm³/mol. The summed E-state index contributed by atoms with van der Waals surface area (Å²) in [7, 11) is 0. The maximum Gasteiger partial charge on any atom is 0.307 e. The molecular formula is C18H23NO2. The minimum Gasteiger partial charge on any atom is -0.460 e. The van der Waals surface area contributed by atoms with E-state index in [-0.39, 0.29) is 18.4 Å². The highest BCUT2D eigenvalue weighted by Gasteiger charge is 2.19. The van der Waals surface area contributed by atoms with E-state index in [1.54, 1.807) is 0 Å². The summed E-state index contributed by atoms with van der Waals surface area (Å²) >= 11 is 0. The molecule has 2 rings (SSSR count). The van der Waals surface area contributed by atoms with Gasteiger partial charge < -0.3 is 10.5 Å². The summed E-state index contributed by atoms with van der Waals surface area (Å²) in [6.07, 6.45) is 0.904. The number of fused-ring (bicyclic) bond motifs is 1. The second-order valence-electron chi connectivity index (χ2n) is 6.39. The second kappa shape index (κ2) is 6.27. The van der Waals surface area contributed by atoms with Gasteiger partial charge in [0, 0.05) is 6.04 Å². The van der Waals surface area contributed by atoms with Crippen molar-refractivity contribution in [3.63, 3.8) is 0 Å². The Kier molecular flexibility index (Phi) is 4.63. The molecule has 0 fully saturated rings. The van der Waals surface area contributed by atoms with Gasteiger partial charge in [-0.05, 0) is 43.5 Å². The standard InChI is InChI=1S/C18H23NO2/c1-18(2,3)21-17(20)12-15(19)11-14-9-6-8-13-7-4-5-10-16(13)14/h4-10,15H,11-12,19H2,1-3H3/t15-/m1/s1. The average Bonchev–Trinajstić information content (AvgIpc) is 2.36. The largest absolute Gasteiger partial charge is 0.460 e. The van der Waals surface area contributed by atoms with E-state index in [9.17, 15) is 4.79 Å². The molecule has 2 aromatic rings. The van der Waals surface area contributed by atoms with Crippen molar-refractivity contribution in [2.24, 2.45) is 5.73 Å². The van der Waals surface area contributed by atoms with Crippen molar-refractivity contribution in [3.8, 4) is 0 Å².